The number of alkyl carbamates (subject to hydrolysis) is 1. The van der Waals surface area contributed by atoms with E-state index < -0.39 is 11.7 Å². The molecule has 1 rings (SSSR count). The molecule has 1 N–H and O–H groups in total. The summed E-state index contributed by atoms with van der Waals surface area (Å²) in [5, 5.41) is 11.5. The van der Waals surface area contributed by atoms with Gasteiger partial charge < -0.3 is 15.0 Å². The van der Waals surface area contributed by atoms with Crippen LogP contribution in [0.4, 0.5) is 10.6 Å². The van der Waals surface area contributed by atoms with E-state index in [0.29, 0.717) is 18.7 Å². The number of likely N-dealkylation sites (N-methyl/N-ethyl adjacent to an activating group) is 1. The molecule has 0 aromatic carbocycles. The van der Waals surface area contributed by atoms with E-state index in [4.69, 9.17) is 10.00 Å². The summed E-state index contributed by atoms with van der Waals surface area (Å²) in [5.74, 6) is 0.780. The molecule has 0 aliphatic heterocycles. The minimum atomic E-state index is -0.497. The molecule has 0 saturated carbocycles. The fraction of sp³-hybridized carbons (Fsp3) is 0.533. The summed E-state index contributed by atoms with van der Waals surface area (Å²) in [6, 6.07) is 5.57. The molecule has 1 heterocycles. The summed E-state index contributed by atoms with van der Waals surface area (Å²) >= 11 is 0. The number of ether oxygens (including phenoxy) is 1. The first-order valence-electron chi connectivity index (χ1n) is 6.93. The predicted molar refractivity (Wildman–Crippen MR) is 81.1 cm³/mol. The first-order chi connectivity index (χ1) is 9.85. The third kappa shape index (κ3) is 6.13. The van der Waals surface area contributed by atoms with Crippen LogP contribution in [0.15, 0.2) is 18.3 Å². The first kappa shape index (κ1) is 16.8. The Balaban J connectivity index is 2.48. The van der Waals surface area contributed by atoms with Crippen LogP contribution in [0.3, 0.4) is 0 Å². The van der Waals surface area contributed by atoms with Crippen LogP contribution in [0.1, 0.15) is 33.3 Å². The van der Waals surface area contributed by atoms with Gasteiger partial charge in [-0.1, -0.05) is 0 Å². The summed E-state index contributed by atoms with van der Waals surface area (Å²) in [5.41, 5.74) is 0.0325. The Kier molecular flexibility index (Phi) is 5.97. The van der Waals surface area contributed by atoms with Crippen molar-refractivity contribution in [3.63, 3.8) is 0 Å². The molecule has 1 aromatic heterocycles. The maximum Gasteiger partial charge on any atom is 0.407 e. The van der Waals surface area contributed by atoms with E-state index in [-0.39, 0.29) is 0 Å². The summed E-state index contributed by atoms with van der Waals surface area (Å²) in [6.45, 7) is 9.32. The number of carbonyl (C=O) groups is 1. The number of hydrogen-bond donors (Lipinski definition) is 1. The van der Waals surface area contributed by atoms with E-state index in [2.05, 4.69) is 10.3 Å². The lowest BCUT2D eigenvalue weighted by molar-refractivity contribution is 0.0529. The maximum atomic E-state index is 11.5. The summed E-state index contributed by atoms with van der Waals surface area (Å²) in [6.07, 6.45) is 1.12. The first-order valence-corrected chi connectivity index (χ1v) is 6.93. The summed E-state index contributed by atoms with van der Waals surface area (Å²) in [7, 11) is 0. The number of pyridine rings is 1. The number of carbonyl (C=O) groups excluding carboxylic acids is 1. The van der Waals surface area contributed by atoms with E-state index in [9.17, 15) is 4.79 Å². The molecule has 1 aromatic rings. The lowest BCUT2D eigenvalue weighted by Gasteiger charge is -2.23. The zero-order valence-electron chi connectivity index (χ0n) is 13.0. The van der Waals surface area contributed by atoms with Gasteiger partial charge in [0.2, 0.25) is 0 Å². The van der Waals surface area contributed by atoms with Crippen LogP contribution < -0.4 is 10.2 Å². The highest BCUT2D eigenvalue weighted by molar-refractivity contribution is 5.67. The summed E-state index contributed by atoms with van der Waals surface area (Å²) < 4.78 is 5.17. The molecule has 0 saturated heterocycles. The minimum Gasteiger partial charge on any atom is -0.444 e. The fourth-order valence-corrected chi connectivity index (χ4v) is 1.68. The van der Waals surface area contributed by atoms with Gasteiger partial charge in [0.05, 0.1) is 5.56 Å². The Hall–Kier alpha value is -2.29. The van der Waals surface area contributed by atoms with Crippen LogP contribution >= 0.6 is 0 Å². The predicted octanol–water partition coefficient (Wildman–Crippen LogP) is 2.30. The normalized spacial score (nSPS) is 10.6. The highest BCUT2D eigenvalue weighted by atomic mass is 16.6. The van der Waals surface area contributed by atoms with Crippen molar-refractivity contribution < 1.29 is 9.53 Å². The van der Waals surface area contributed by atoms with Crippen molar-refractivity contribution in [2.24, 2.45) is 0 Å². The van der Waals surface area contributed by atoms with E-state index >= 15 is 0 Å². The van der Waals surface area contributed by atoms with Crippen LogP contribution in [-0.4, -0.2) is 36.3 Å². The van der Waals surface area contributed by atoms with E-state index in [0.717, 1.165) is 12.4 Å². The van der Waals surface area contributed by atoms with Gasteiger partial charge in [-0.2, -0.15) is 5.26 Å². The molecule has 21 heavy (non-hydrogen) atoms. The second kappa shape index (κ2) is 7.48. The molecule has 6 nitrogen and oxygen atoms in total. The van der Waals surface area contributed by atoms with Crippen LogP contribution in [0.25, 0.3) is 0 Å². The smallest absolute Gasteiger partial charge is 0.407 e. The number of nitrogens with zero attached hydrogens (tertiary/aromatic N) is 3. The molecule has 6 heteroatoms. The largest absolute Gasteiger partial charge is 0.444 e. The Bertz CT molecular complexity index is 500. The van der Waals surface area contributed by atoms with Crippen LogP contribution in [0, 0.1) is 11.3 Å². The lowest BCUT2D eigenvalue weighted by Crippen LogP contribution is -2.38. The molecule has 0 unspecified atom stereocenters. The third-order valence-electron chi connectivity index (χ3n) is 2.63. The molecule has 1 amide bonds. The average molecular weight is 290 g/mol. The van der Waals surface area contributed by atoms with Gasteiger partial charge >= 0.3 is 6.09 Å². The van der Waals surface area contributed by atoms with E-state index in [1.807, 2.05) is 38.7 Å². The van der Waals surface area contributed by atoms with Crippen molar-refractivity contribution in [2.45, 2.75) is 33.3 Å². The number of hydrogen-bond acceptors (Lipinski definition) is 5. The number of aromatic nitrogens is 1. The Morgan fingerprint density at radius 2 is 2.19 bits per heavy atom. The molecule has 0 atom stereocenters. The van der Waals surface area contributed by atoms with Gasteiger partial charge in [-0.3, -0.25) is 0 Å². The Morgan fingerprint density at radius 1 is 1.48 bits per heavy atom. The second-order valence-corrected chi connectivity index (χ2v) is 5.53. The molecule has 0 radical (unpaired) electrons. The van der Waals surface area contributed by atoms with Crippen LogP contribution in [0.2, 0.25) is 0 Å². The highest BCUT2D eigenvalue weighted by Gasteiger charge is 2.15. The molecule has 0 aliphatic carbocycles. The van der Waals surface area contributed by atoms with Crippen molar-refractivity contribution >= 4 is 11.9 Å². The van der Waals surface area contributed by atoms with Gasteiger partial charge in [-0.25, -0.2) is 9.78 Å². The van der Waals surface area contributed by atoms with Crippen molar-refractivity contribution in [3.05, 3.63) is 23.9 Å². The molecule has 0 fully saturated rings. The van der Waals surface area contributed by atoms with Crippen molar-refractivity contribution in [3.8, 4) is 6.07 Å². The molecule has 114 valence electrons. The SMILES string of the molecule is CCN(CCNC(=O)OC(C)(C)C)c1ccc(C#N)cn1. The van der Waals surface area contributed by atoms with Gasteiger partial charge in [0.15, 0.2) is 0 Å². The fourth-order valence-electron chi connectivity index (χ4n) is 1.68. The zero-order chi connectivity index (χ0) is 15.9. The third-order valence-corrected chi connectivity index (χ3v) is 2.63. The Morgan fingerprint density at radius 3 is 2.67 bits per heavy atom. The minimum absolute atomic E-state index is 0.425. The number of nitriles is 1. The van der Waals surface area contributed by atoms with Gasteiger partial charge in [-0.15, -0.1) is 0 Å². The van der Waals surface area contributed by atoms with E-state index in [1.54, 1.807) is 18.3 Å². The van der Waals surface area contributed by atoms with Crippen LogP contribution in [-0.2, 0) is 4.74 Å². The molecular formula is C15H22N4O2. The second-order valence-electron chi connectivity index (χ2n) is 5.53. The lowest BCUT2D eigenvalue weighted by atomic mass is 10.2. The van der Waals surface area contributed by atoms with Gasteiger partial charge in [0.25, 0.3) is 0 Å². The summed E-state index contributed by atoms with van der Waals surface area (Å²) in [4.78, 5) is 17.8. The van der Waals surface area contributed by atoms with Crippen LogP contribution in [0.5, 0.6) is 0 Å². The zero-order valence-corrected chi connectivity index (χ0v) is 13.0. The van der Waals surface area contributed by atoms with Crippen molar-refractivity contribution in [1.82, 2.24) is 10.3 Å². The number of nitrogens with one attached hydrogen (secondary N) is 1. The molecule has 0 spiro atoms. The number of rotatable bonds is 5. The Labute approximate surface area is 125 Å². The van der Waals surface area contributed by atoms with E-state index in [1.165, 1.54) is 0 Å². The number of amides is 1. The highest BCUT2D eigenvalue weighted by Crippen LogP contribution is 2.10. The standard InChI is InChI=1S/C15H22N4O2/c1-5-19(13-7-6-12(10-16)11-18-13)9-8-17-14(20)21-15(2,3)4/h6-7,11H,5,8-9H2,1-4H3,(H,17,20). The van der Waals surface area contributed by atoms with Gasteiger partial charge in [-0.05, 0) is 39.8 Å². The van der Waals surface area contributed by atoms with Crippen molar-refractivity contribution in [1.29, 1.82) is 5.26 Å². The maximum absolute atomic E-state index is 11.5. The quantitative estimate of drug-likeness (QED) is 0.900. The van der Waals surface area contributed by atoms with Gasteiger partial charge in [0, 0.05) is 25.8 Å². The molecule has 0 aliphatic rings. The monoisotopic (exact) mass is 290 g/mol. The van der Waals surface area contributed by atoms with Gasteiger partial charge in [0.1, 0.15) is 17.5 Å². The molecular weight excluding hydrogens is 268 g/mol. The van der Waals surface area contributed by atoms with Crippen molar-refractivity contribution in [2.75, 3.05) is 24.5 Å². The average Bonchev–Trinajstić information content (AvgIpc) is 2.42. The molecule has 0 bridgehead atoms. The topological polar surface area (TPSA) is 78.3 Å². The number of anilines is 1.